The van der Waals surface area contributed by atoms with Gasteiger partial charge in [0.2, 0.25) is 5.91 Å². The highest BCUT2D eigenvalue weighted by Crippen LogP contribution is 2.32. The van der Waals surface area contributed by atoms with Crippen molar-refractivity contribution in [3.05, 3.63) is 94.4 Å². The topological polar surface area (TPSA) is 105 Å². The molecule has 3 aromatic rings. The van der Waals surface area contributed by atoms with Crippen molar-refractivity contribution >= 4 is 52.2 Å². The number of benzene rings is 3. The minimum absolute atomic E-state index is 0.155. The van der Waals surface area contributed by atoms with Crippen LogP contribution in [0.2, 0.25) is 0 Å². The van der Waals surface area contributed by atoms with E-state index < -0.39 is 17.1 Å². The summed E-state index contributed by atoms with van der Waals surface area (Å²) >= 11 is 0.785. The van der Waals surface area contributed by atoms with Crippen LogP contribution in [0, 0.1) is 6.92 Å². The van der Waals surface area contributed by atoms with Gasteiger partial charge in [0, 0.05) is 11.4 Å². The number of imide groups is 1. The molecular weight excluding hydrogens is 502 g/mol. The smallest absolute Gasteiger partial charge is 0.294 e. The number of rotatable bonds is 9. The molecule has 2 N–H and O–H groups in total. The molecule has 0 bridgehead atoms. The predicted octanol–water partition coefficient (Wildman–Crippen LogP) is 5.25. The first-order valence-electron chi connectivity index (χ1n) is 12.0. The van der Waals surface area contributed by atoms with Crippen molar-refractivity contribution in [3.8, 4) is 5.75 Å². The van der Waals surface area contributed by atoms with E-state index in [4.69, 9.17) is 4.74 Å². The van der Waals surface area contributed by atoms with Crippen LogP contribution in [0.1, 0.15) is 23.6 Å². The summed E-state index contributed by atoms with van der Waals surface area (Å²) < 4.78 is 5.55. The fraction of sp³-hybridized carbons (Fsp3) is 0.172. The van der Waals surface area contributed by atoms with Crippen molar-refractivity contribution in [2.75, 3.05) is 23.8 Å². The SMILES string of the molecule is CCc1ccc(NC(=O)CN2C(=O)S/C(=C\c3ccc(OCC(=O)Nc4ccccc4C)cc3)C2=O)cc1. The van der Waals surface area contributed by atoms with E-state index in [1.165, 1.54) is 0 Å². The number of carbonyl (C=O) groups excluding carboxylic acids is 4. The molecule has 1 fully saturated rings. The van der Waals surface area contributed by atoms with Crippen LogP contribution in [0.5, 0.6) is 5.75 Å². The summed E-state index contributed by atoms with van der Waals surface area (Å²) in [6, 6.07) is 21.7. The molecule has 38 heavy (non-hydrogen) atoms. The summed E-state index contributed by atoms with van der Waals surface area (Å²) in [5.41, 5.74) is 4.10. The lowest BCUT2D eigenvalue weighted by molar-refractivity contribution is -0.127. The molecule has 1 aliphatic heterocycles. The van der Waals surface area contributed by atoms with Crippen LogP contribution in [0.4, 0.5) is 16.2 Å². The van der Waals surface area contributed by atoms with Crippen molar-refractivity contribution in [2.45, 2.75) is 20.3 Å². The number of ether oxygens (including phenoxy) is 1. The molecule has 1 heterocycles. The molecule has 3 aromatic carbocycles. The maximum absolute atomic E-state index is 12.8. The summed E-state index contributed by atoms with van der Waals surface area (Å²) in [5, 5.41) is 5.02. The minimum Gasteiger partial charge on any atom is -0.484 e. The zero-order valence-electron chi connectivity index (χ0n) is 21.0. The van der Waals surface area contributed by atoms with E-state index >= 15 is 0 Å². The molecule has 0 atom stereocenters. The lowest BCUT2D eigenvalue weighted by atomic mass is 10.1. The summed E-state index contributed by atoms with van der Waals surface area (Å²) in [4.78, 5) is 50.9. The highest BCUT2D eigenvalue weighted by molar-refractivity contribution is 8.18. The van der Waals surface area contributed by atoms with Crippen molar-refractivity contribution in [3.63, 3.8) is 0 Å². The lowest BCUT2D eigenvalue weighted by Gasteiger charge is -2.12. The maximum atomic E-state index is 12.8. The van der Waals surface area contributed by atoms with E-state index in [0.717, 1.165) is 39.9 Å². The molecule has 0 unspecified atom stereocenters. The second kappa shape index (κ2) is 12.2. The molecule has 1 aliphatic rings. The van der Waals surface area contributed by atoms with Crippen molar-refractivity contribution in [1.29, 1.82) is 0 Å². The van der Waals surface area contributed by atoms with Gasteiger partial charge in [-0.05, 0) is 78.2 Å². The number of aryl methyl sites for hydroxylation is 2. The van der Waals surface area contributed by atoms with Gasteiger partial charge >= 0.3 is 0 Å². The van der Waals surface area contributed by atoms with Gasteiger partial charge in [-0.25, -0.2) is 0 Å². The number of hydrogen-bond donors (Lipinski definition) is 2. The molecule has 0 aromatic heterocycles. The number of para-hydroxylation sites is 1. The number of amides is 4. The lowest BCUT2D eigenvalue weighted by Crippen LogP contribution is -2.36. The molecule has 1 saturated heterocycles. The van der Waals surface area contributed by atoms with Gasteiger partial charge in [-0.2, -0.15) is 0 Å². The fourth-order valence-corrected chi connectivity index (χ4v) is 4.50. The maximum Gasteiger partial charge on any atom is 0.294 e. The highest BCUT2D eigenvalue weighted by Gasteiger charge is 2.36. The Kier molecular flexibility index (Phi) is 8.60. The second-order valence-electron chi connectivity index (χ2n) is 8.59. The van der Waals surface area contributed by atoms with Crippen LogP contribution in [0.25, 0.3) is 6.08 Å². The van der Waals surface area contributed by atoms with E-state index in [2.05, 4.69) is 10.6 Å². The molecule has 0 saturated carbocycles. The van der Waals surface area contributed by atoms with Gasteiger partial charge in [0.1, 0.15) is 12.3 Å². The third kappa shape index (κ3) is 6.89. The minimum atomic E-state index is -0.523. The monoisotopic (exact) mass is 529 g/mol. The van der Waals surface area contributed by atoms with Gasteiger partial charge in [-0.1, -0.05) is 49.4 Å². The Bertz CT molecular complexity index is 1380. The van der Waals surface area contributed by atoms with E-state index in [9.17, 15) is 19.2 Å². The predicted molar refractivity (Wildman–Crippen MR) is 149 cm³/mol. The van der Waals surface area contributed by atoms with E-state index in [0.29, 0.717) is 17.0 Å². The van der Waals surface area contributed by atoms with Crippen LogP contribution in [0.15, 0.2) is 77.7 Å². The first-order valence-corrected chi connectivity index (χ1v) is 12.9. The molecular formula is C29H27N3O5S. The Labute approximate surface area is 225 Å². The summed E-state index contributed by atoms with van der Waals surface area (Å²) in [5.74, 6) is -0.770. The fourth-order valence-electron chi connectivity index (χ4n) is 3.66. The number of nitrogens with one attached hydrogen (secondary N) is 2. The van der Waals surface area contributed by atoms with Crippen LogP contribution in [-0.2, 0) is 20.8 Å². The van der Waals surface area contributed by atoms with Crippen LogP contribution < -0.4 is 15.4 Å². The van der Waals surface area contributed by atoms with E-state index in [1.807, 2.05) is 50.2 Å². The summed E-state index contributed by atoms with van der Waals surface area (Å²) in [7, 11) is 0. The second-order valence-corrected chi connectivity index (χ2v) is 9.58. The number of hydrogen-bond acceptors (Lipinski definition) is 6. The Morgan fingerprint density at radius 3 is 2.32 bits per heavy atom. The van der Waals surface area contributed by atoms with Crippen LogP contribution in [-0.4, -0.2) is 41.0 Å². The Balaban J connectivity index is 1.30. The highest BCUT2D eigenvalue weighted by atomic mass is 32.2. The quantitative estimate of drug-likeness (QED) is 0.367. The van der Waals surface area contributed by atoms with Gasteiger partial charge in [0.05, 0.1) is 4.91 Å². The summed E-state index contributed by atoms with van der Waals surface area (Å²) in [6.07, 6.45) is 2.47. The molecule has 0 aliphatic carbocycles. The van der Waals surface area contributed by atoms with Crippen molar-refractivity contribution in [2.24, 2.45) is 0 Å². The molecule has 4 amide bonds. The molecule has 9 heteroatoms. The number of thioether (sulfide) groups is 1. The van der Waals surface area contributed by atoms with Crippen molar-refractivity contribution < 1.29 is 23.9 Å². The molecule has 0 spiro atoms. The summed E-state index contributed by atoms with van der Waals surface area (Å²) in [6.45, 7) is 3.43. The molecule has 8 nitrogen and oxygen atoms in total. The average Bonchev–Trinajstić information content (AvgIpc) is 3.17. The number of nitrogens with zero attached hydrogens (tertiary/aromatic N) is 1. The Hall–Kier alpha value is -4.37. The molecule has 4 rings (SSSR count). The Morgan fingerprint density at radius 2 is 1.63 bits per heavy atom. The largest absolute Gasteiger partial charge is 0.484 e. The van der Waals surface area contributed by atoms with E-state index in [-0.39, 0.29) is 24.0 Å². The first kappa shape index (κ1) is 26.7. The first-order chi connectivity index (χ1) is 18.3. The van der Waals surface area contributed by atoms with Crippen LogP contribution >= 0.6 is 11.8 Å². The van der Waals surface area contributed by atoms with Gasteiger partial charge in [-0.15, -0.1) is 0 Å². The molecule has 0 radical (unpaired) electrons. The van der Waals surface area contributed by atoms with Gasteiger partial charge in [0.25, 0.3) is 17.1 Å². The third-order valence-corrected chi connectivity index (χ3v) is 6.70. The van der Waals surface area contributed by atoms with Gasteiger partial charge in [0.15, 0.2) is 6.61 Å². The number of anilines is 2. The zero-order valence-corrected chi connectivity index (χ0v) is 21.8. The average molecular weight is 530 g/mol. The van der Waals surface area contributed by atoms with Crippen LogP contribution in [0.3, 0.4) is 0 Å². The standard InChI is InChI=1S/C29H27N3O5S/c1-3-20-8-12-22(13-9-20)30-26(33)17-32-28(35)25(38-29(32)36)16-21-10-14-23(15-11-21)37-18-27(34)31-24-7-5-4-6-19(24)2/h4-16H,3,17-18H2,1-2H3,(H,30,33)(H,31,34)/b25-16-. The van der Waals surface area contributed by atoms with Gasteiger partial charge < -0.3 is 15.4 Å². The normalized spacial score (nSPS) is 14.1. The van der Waals surface area contributed by atoms with Gasteiger partial charge in [-0.3, -0.25) is 24.1 Å². The van der Waals surface area contributed by atoms with Crippen molar-refractivity contribution in [1.82, 2.24) is 4.90 Å². The van der Waals surface area contributed by atoms with E-state index in [1.54, 1.807) is 42.5 Å². The third-order valence-electron chi connectivity index (χ3n) is 5.79. The number of carbonyl (C=O) groups is 4. The Morgan fingerprint density at radius 1 is 0.921 bits per heavy atom. The molecule has 194 valence electrons. The zero-order chi connectivity index (χ0) is 27.1.